The van der Waals surface area contributed by atoms with Crippen LogP contribution < -0.4 is 27.4 Å². The Morgan fingerprint density at radius 1 is 1.03 bits per heavy atom. The molecule has 0 aliphatic carbocycles. The third kappa shape index (κ3) is 4.98. The molecular weight excluding hydrogens is 368 g/mol. The van der Waals surface area contributed by atoms with Crippen LogP contribution in [0.25, 0.3) is 0 Å². The Labute approximate surface area is 168 Å². The molecule has 0 bridgehead atoms. The van der Waals surface area contributed by atoms with E-state index in [1.807, 2.05) is 12.1 Å². The summed E-state index contributed by atoms with van der Waals surface area (Å²) in [5, 5.41) is 16.8. The van der Waals surface area contributed by atoms with Crippen molar-refractivity contribution in [1.29, 1.82) is 5.41 Å². The van der Waals surface area contributed by atoms with Gasteiger partial charge in [0.25, 0.3) is 0 Å². The van der Waals surface area contributed by atoms with Gasteiger partial charge in [0, 0.05) is 30.5 Å². The first-order valence-electron chi connectivity index (χ1n) is 8.84. The topological polar surface area (TPSA) is 155 Å². The maximum Gasteiger partial charge on any atom is 0.323 e. The van der Waals surface area contributed by atoms with Crippen LogP contribution in [0.2, 0.25) is 0 Å². The van der Waals surface area contributed by atoms with E-state index in [1.54, 1.807) is 43.4 Å². The fourth-order valence-electron chi connectivity index (χ4n) is 2.85. The van der Waals surface area contributed by atoms with Crippen molar-refractivity contribution in [3.63, 3.8) is 0 Å². The van der Waals surface area contributed by atoms with Crippen LogP contribution in [-0.2, 0) is 6.42 Å². The summed E-state index contributed by atoms with van der Waals surface area (Å²) < 4.78 is 0. The molecule has 9 nitrogen and oxygen atoms in total. The number of amides is 2. The number of carbonyl (C=O) groups is 1. The fourth-order valence-corrected chi connectivity index (χ4v) is 2.85. The molecule has 3 rings (SSSR count). The number of urea groups is 1. The molecular formula is C20H22N8O. The molecule has 0 saturated carbocycles. The van der Waals surface area contributed by atoms with Crippen molar-refractivity contribution in [3.05, 3.63) is 66.0 Å². The highest BCUT2D eigenvalue weighted by Crippen LogP contribution is 2.21. The van der Waals surface area contributed by atoms with Gasteiger partial charge in [0.05, 0.1) is 11.3 Å². The van der Waals surface area contributed by atoms with Crippen LogP contribution in [0.4, 0.5) is 33.5 Å². The Balaban J connectivity index is 1.70. The zero-order valence-electron chi connectivity index (χ0n) is 15.9. The average Bonchev–Trinajstić information content (AvgIpc) is 2.67. The summed E-state index contributed by atoms with van der Waals surface area (Å²) >= 11 is 0. The minimum Gasteiger partial charge on any atom is -0.399 e. The third-order valence-electron chi connectivity index (χ3n) is 4.13. The molecule has 0 aliphatic heterocycles. The van der Waals surface area contributed by atoms with E-state index in [-0.39, 0.29) is 17.6 Å². The van der Waals surface area contributed by atoms with Crippen molar-refractivity contribution < 1.29 is 4.79 Å². The Hall–Kier alpha value is -4.14. The maximum absolute atomic E-state index is 12.2. The minimum absolute atomic E-state index is 0.241. The van der Waals surface area contributed by atoms with Gasteiger partial charge in [0.2, 0.25) is 0 Å². The number of nitrogens with two attached hydrogens (primary N) is 2. The highest BCUT2D eigenvalue weighted by molar-refractivity contribution is 6.07. The molecule has 2 aromatic carbocycles. The van der Waals surface area contributed by atoms with Gasteiger partial charge < -0.3 is 32.8 Å². The predicted molar refractivity (Wildman–Crippen MR) is 116 cm³/mol. The molecule has 0 saturated heterocycles. The van der Waals surface area contributed by atoms with Crippen LogP contribution in [0.3, 0.4) is 0 Å². The van der Waals surface area contributed by atoms with Crippen molar-refractivity contribution in [2.24, 2.45) is 0 Å². The largest absolute Gasteiger partial charge is 0.399 e. The zero-order valence-corrected chi connectivity index (χ0v) is 15.9. The highest BCUT2D eigenvalue weighted by Gasteiger charge is 2.14. The monoisotopic (exact) mass is 390 g/mol. The van der Waals surface area contributed by atoms with Crippen molar-refractivity contribution in [2.45, 2.75) is 6.42 Å². The van der Waals surface area contributed by atoms with Gasteiger partial charge >= 0.3 is 6.03 Å². The van der Waals surface area contributed by atoms with Gasteiger partial charge in [0.1, 0.15) is 18.0 Å². The number of aromatic nitrogens is 2. The number of carbonyl (C=O) groups excluding carboxylic acids is 1. The molecule has 0 aliphatic rings. The molecule has 3 aromatic rings. The molecule has 9 heteroatoms. The van der Waals surface area contributed by atoms with Crippen molar-refractivity contribution in [3.8, 4) is 0 Å². The van der Waals surface area contributed by atoms with E-state index in [2.05, 4.69) is 25.9 Å². The van der Waals surface area contributed by atoms with Crippen molar-refractivity contribution >= 4 is 40.4 Å². The molecule has 0 fully saturated rings. The van der Waals surface area contributed by atoms with Gasteiger partial charge in [-0.2, -0.15) is 0 Å². The molecule has 1 heterocycles. The van der Waals surface area contributed by atoms with Crippen LogP contribution in [0.5, 0.6) is 0 Å². The maximum atomic E-state index is 12.2. The number of hydrogen-bond acceptors (Lipinski definition) is 7. The lowest BCUT2D eigenvalue weighted by Crippen LogP contribution is -2.19. The predicted octanol–water partition coefficient (Wildman–Crippen LogP) is 2.94. The summed E-state index contributed by atoms with van der Waals surface area (Å²) in [6.45, 7) is 0. The second-order valence-electron chi connectivity index (χ2n) is 6.29. The summed E-state index contributed by atoms with van der Waals surface area (Å²) in [5.41, 5.74) is 15.0. The van der Waals surface area contributed by atoms with Crippen LogP contribution >= 0.6 is 0 Å². The second kappa shape index (κ2) is 8.70. The van der Waals surface area contributed by atoms with E-state index in [0.717, 1.165) is 5.56 Å². The Morgan fingerprint density at radius 2 is 1.72 bits per heavy atom. The van der Waals surface area contributed by atoms with Crippen molar-refractivity contribution in [2.75, 3.05) is 34.5 Å². The summed E-state index contributed by atoms with van der Waals surface area (Å²) in [6, 6.07) is 13.8. The number of hydrogen-bond donors (Lipinski definition) is 6. The van der Waals surface area contributed by atoms with E-state index in [1.165, 1.54) is 6.33 Å². The van der Waals surface area contributed by atoms with Gasteiger partial charge in [-0.05, 0) is 35.9 Å². The number of nitrogens with one attached hydrogen (secondary N) is 4. The molecule has 0 unspecified atom stereocenters. The normalized spacial score (nSPS) is 10.2. The summed E-state index contributed by atoms with van der Waals surface area (Å²) in [6.07, 6.45) is 1.65. The van der Waals surface area contributed by atoms with Gasteiger partial charge in [0.15, 0.2) is 0 Å². The van der Waals surface area contributed by atoms with E-state index >= 15 is 0 Å². The summed E-state index contributed by atoms with van der Waals surface area (Å²) in [7, 11) is 1.71. The standard InChI is InChI=1S/C20H22N8O/c1-24-19-17(18(23)25-11-26-19)16(22)9-12-4-2-6-14(8-12)27-20(29)28-15-7-3-5-13(21)10-15/h2-8,10-11,22H,9,21H2,1H3,(H2,27,28,29)(H3,23,24,25,26). The second-order valence-corrected chi connectivity index (χ2v) is 6.29. The Morgan fingerprint density at radius 3 is 2.41 bits per heavy atom. The molecule has 29 heavy (non-hydrogen) atoms. The van der Waals surface area contributed by atoms with E-state index in [9.17, 15) is 4.79 Å². The Bertz CT molecular complexity index is 1050. The number of rotatable bonds is 6. The van der Waals surface area contributed by atoms with Crippen LogP contribution in [0.15, 0.2) is 54.9 Å². The van der Waals surface area contributed by atoms with Crippen LogP contribution in [0.1, 0.15) is 11.1 Å². The lowest BCUT2D eigenvalue weighted by molar-refractivity contribution is 0.262. The summed E-state index contributed by atoms with van der Waals surface area (Å²) in [5.74, 6) is 0.739. The van der Waals surface area contributed by atoms with Crippen molar-refractivity contribution in [1.82, 2.24) is 9.97 Å². The molecule has 0 spiro atoms. The first-order valence-corrected chi connectivity index (χ1v) is 8.84. The first-order chi connectivity index (χ1) is 14.0. The van der Waals surface area contributed by atoms with Gasteiger partial charge in [-0.15, -0.1) is 0 Å². The van der Waals surface area contributed by atoms with Gasteiger partial charge in [-0.25, -0.2) is 14.8 Å². The molecule has 1 aromatic heterocycles. The fraction of sp³-hybridized carbons (Fsp3) is 0.100. The SMILES string of the molecule is CNc1ncnc(N)c1C(=N)Cc1cccc(NC(=O)Nc2cccc(N)c2)c1. The van der Waals surface area contributed by atoms with Crippen LogP contribution in [0, 0.1) is 5.41 Å². The zero-order chi connectivity index (χ0) is 20.8. The minimum atomic E-state index is -0.388. The van der Waals surface area contributed by atoms with E-state index in [0.29, 0.717) is 34.9 Å². The summed E-state index contributed by atoms with van der Waals surface area (Å²) in [4.78, 5) is 20.3. The molecule has 0 atom stereocenters. The van der Waals surface area contributed by atoms with E-state index < -0.39 is 0 Å². The molecule has 8 N–H and O–H groups in total. The molecule has 2 amide bonds. The smallest absolute Gasteiger partial charge is 0.323 e. The van der Waals surface area contributed by atoms with E-state index in [4.69, 9.17) is 16.9 Å². The van der Waals surface area contributed by atoms with Gasteiger partial charge in [-0.1, -0.05) is 18.2 Å². The first kappa shape index (κ1) is 19.6. The van der Waals surface area contributed by atoms with Crippen LogP contribution in [-0.4, -0.2) is 28.8 Å². The molecule has 148 valence electrons. The Kier molecular flexibility index (Phi) is 5.88. The highest BCUT2D eigenvalue weighted by atomic mass is 16.2. The molecule has 0 radical (unpaired) electrons. The number of nitrogen functional groups attached to an aromatic ring is 2. The number of anilines is 5. The number of nitrogens with zero attached hydrogens (tertiary/aromatic N) is 2. The quantitative estimate of drug-likeness (QED) is 0.281. The average molecular weight is 390 g/mol. The lowest BCUT2D eigenvalue weighted by Gasteiger charge is -2.12. The lowest BCUT2D eigenvalue weighted by atomic mass is 10.0. The third-order valence-corrected chi connectivity index (χ3v) is 4.13. The number of benzene rings is 2. The van der Waals surface area contributed by atoms with Gasteiger partial charge in [-0.3, -0.25) is 0 Å².